The second-order valence-electron chi connectivity index (χ2n) is 6.34. The summed E-state index contributed by atoms with van der Waals surface area (Å²) in [5, 5.41) is 5.44. The van der Waals surface area contributed by atoms with Gasteiger partial charge in [-0.2, -0.15) is 0 Å². The fraction of sp³-hybridized carbons (Fsp3) is 0.222. The molecule has 0 aliphatic carbocycles. The van der Waals surface area contributed by atoms with Crippen molar-refractivity contribution >= 4 is 44.8 Å². The number of halogens is 1. The Labute approximate surface area is 167 Å². The van der Waals surface area contributed by atoms with Gasteiger partial charge in [0.05, 0.1) is 21.2 Å². The van der Waals surface area contributed by atoms with Gasteiger partial charge in [-0.25, -0.2) is 12.7 Å². The van der Waals surface area contributed by atoms with Gasteiger partial charge < -0.3 is 15.4 Å². The van der Waals surface area contributed by atoms with Gasteiger partial charge in [0.25, 0.3) is 11.8 Å². The van der Waals surface area contributed by atoms with E-state index < -0.39 is 22.0 Å². The number of fused-ring (bicyclic) bond motifs is 1. The molecule has 2 N–H and O–H groups in total. The van der Waals surface area contributed by atoms with Crippen LogP contribution in [0.15, 0.2) is 41.3 Å². The van der Waals surface area contributed by atoms with E-state index in [-0.39, 0.29) is 21.4 Å². The number of sulfonamides is 1. The molecular formula is C18H18ClN3O5S. The average Bonchev–Trinajstić information content (AvgIpc) is 2.63. The van der Waals surface area contributed by atoms with Crippen molar-refractivity contribution in [1.29, 1.82) is 0 Å². The van der Waals surface area contributed by atoms with Gasteiger partial charge in [0.15, 0.2) is 6.10 Å². The Morgan fingerprint density at radius 2 is 1.93 bits per heavy atom. The molecule has 0 radical (unpaired) electrons. The molecule has 0 saturated heterocycles. The molecule has 2 aromatic carbocycles. The van der Waals surface area contributed by atoms with Crippen molar-refractivity contribution in [3.05, 3.63) is 47.0 Å². The molecule has 1 aliphatic rings. The summed E-state index contributed by atoms with van der Waals surface area (Å²) in [5.41, 5.74) is 0.825. The molecule has 8 nitrogen and oxygen atoms in total. The molecule has 1 atom stereocenters. The SMILES string of the molecule is C[C@H]1Oc2ccc(NC(=O)c3cc(S(=O)(=O)N(C)C)ccc3Cl)cc2NC1=O. The van der Waals surface area contributed by atoms with Crippen molar-refractivity contribution in [2.24, 2.45) is 0 Å². The van der Waals surface area contributed by atoms with Crippen molar-refractivity contribution in [2.45, 2.75) is 17.9 Å². The number of amides is 2. The fourth-order valence-electron chi connectivity index (χ4n) is 2.53. The smallest absolute Gasteiger partial charge is 0.265 e. The second-order valence-corrected chi connectivity index (χ2v) is 8.90. The topological polar surface area (TPSA) is 105 Å². The van der Waals surface area contributed by atoms with Crippen LogP contribution in [0.5, 0.6) is 5.75 Å². The van der Waals surface area contributed by atoms with Crippen LogP contribution in [0, 0.1) is 0 Å². The zero-order valence-electron chi connectivity index (χ0n) is 15.3. The molecule has 2 amide bonds. The van der Waals surface area contributed by atoms with E-state index in [0.717, 1.165) is 4.31 Å². The summed E-state index contributed by atoms with van der Waals surface area (Å²) in [7, 11) is -0.922. The zero-order chi connectivity index (χ0) is 20.6. The van der Waals surface area contributed by atoms with Crippen LogP contribution in [0.25, 0.3) is 0 Å². The number of hydrogen-bond acceptors (Lipinski definition) is 5. The fourth-order valence-corrected chi connectivity index (χ4v) is 3.67. The van der Waals surface area contributed by atoms with Gasteiger partial charge in [-0.05, 0) is 43.3 Å². The Balaban J connectivity index is 1.88. The number of nitrogens with one attached hydrogen (secondary N) is 2. The number of carbonyl (C=O) groups excluding carboxylic acids is 2. The predicted octanol–water partition coefficient (Wildman–Crippen LogP) is 2.56. The van der Waals surface area contributed by atoms with Crippen LogP contribution in [-0.4, -0.2) is 44.7 Å². The molecule has 0 bridgehead atoms. The highest BCUT2D eigenvalue weighted by atomic mass is 35.5. The summed E-state index contributed by atoms with van der Waals surface area (Å²) in [4.78, 5) is 24.3. The lowest BCUT2D eigenvalue weighted by Crippen LogP contribution is -2.34. The minimum atomic E-state index is -3.72. The van der Waals surface area contributed by atoms with Gasteiger partial charge in [0, 0.05) is 19.8 Å². The largest absolute Gasteiger partial charge is 0.479 e. The molecule has 0 fully saturated rings. The van der Waals surface area contributed by atoms with E-state index in [1.165, 1.54) is 32.3 Å². The Kier molecular flexibility index (Phi) is 5.33. The minimum Gasteiger partial charge on any atom is -0.479 e. The third-order valence-electron chi connectivity index (χ3n) is 4.13. The number of carbonyl (C=O) groups is 2. The number of hydrogen-bond donors (Lipinski definition) is 2. The molecule has 28 heavy (non-hydrogen) atoms. The van der Waals surface area contributed by atoms with Crippen molar-refractivity contribution in [1.82, 2.24) is 4.31 Å². The quantitative estimate of drug-likeness (QED) is 0.786. The Bertz CT molecular complexity index is 1070. The number of nitrogens with zero attached hydrogens (tertiary/aromatic N) is 1. The maximum absolute atomic E-state index is 12.6. The van der Waals surface area contributed by atoms with E-state index >= 15 is 0 Å². The zero-order valence-corrected chi connectivity index (χ0v) is 16.9. The maximum atomic E-state index is 12.6. The van der Waals surface area contributed by atoms with E-state index in [0.29, 0.717) is 17.1 Å². The van der Waals surface area contributed by atoms with Crippen LogP contribution in [0.2, 0.25) is 5.02 Å². The Hall–Kier alpha value is -2.62. The normalized spacial score (nSPS) is 16.2. The number of anilines is 2. The van der Waals surface area contributed by atoms with Crippen LogP contribution in [0.4, 0.5) is 11.4 Å². The van der Waals surface area contributed by atoms with Crippen LogP contribution in [0.1, 0.15) is 17.3 Å². The summed E-state index contributed by atoms with van der Waals surface area (Å²) in [6.07, 6.45) is -0.604. The molecule has 10 heteroatoms. The van der Waals surface area contributed by atoms with E-state index in [1.54, 1.807) is 25.1 Å². The van der Waals surface area contributed by atoms with Crippen LogP contribution in [0.3, 0.4) is 0 Å². The number of rotatable bonds is 4. The Morgan fingerprint density at radius 1 is 1.21 bits per heavy atom. The van der Waals surface area contributed by atoms with E-state index in [4.69, 9.17) is 16.3 Å². The first-order valence-electron chi connectivity index (χ1n) is 8.24. The van der Waals surface area contributed by atoms with Gasteiger partial charge in [0.1, 0.15) is 5.75 Å². The maximum Gasteiger partial charge on any atom is 0.265 e. The van der Waals surface area contributed by atoms with Crippen molar-refractivity contribution < 1.29 is 22.7 Å². The third-order valence-corrected chi connectivity index (χ3v) is 6.27. The molecule has 1 heterocycles. The lowest BCUT2D eigenvalue weighted by atomic mass is 10.2. The summed E-state index contributed by atoms with van der Waals surface area (Å²) in [6.45, 7) is 1.63. The standard InChI is InChI=1S/C18H18ClN3O5S/c1-10-17(23)21-15-8-11(4-7-16(15)27-10)20-18(24)13-9-12(5-6-14(13)19)28(25,26)22(2)3/h4-10H,1-3H3,(H,20,24)(H,21,23)/t10-/m1/s1. The second kappa shape index (κ2) is 7.42. The first kappa shape index (κ1) is 20.1. The van der Waals surface area contributed by atoms with Gasteiger partial charge in [0.2, 0.25) is 10.0 Å². The van der Waals surface area contributed by atoms with Gasteiger partial charge in [-0.15, -0.1) is 0 Å². The number of ether oxygens (including phenoxy) is 1. The van der Waals surface area contributed by atoms with Crippen LogP contribution < -0.4 is 15.4 Å². The molecule has 0 aromatic heterocycles. The highest BCUT2D eigenvalue weighted by Crippen LogP contribution is 2.32. The van der Waals surface area contributed by atoms with E-state index in [9.17, 15) is 18.0 Å². The van der Waals surface area contributed by atoms with Crippen molar-refractivity contribution in [2.75, 3.05) is 24.7 Å². The minimum absolute atomic E-state index is 0.0104. The van der Waals surface area contributed by atoms with Gasteiger partial charge >= 0.3 is 0 Å². The van der Waals surface area contributed by atoms with Crippen molar-refractivity contribution in [3.63, 3.8) is 0 Å². The van der Waals surface area contributed by atoms with E-state index in [2.05, 4.69) is 10.6 Å². The third kappa shape index (κ3) is 3.82. The molecule has 0 saturated carbocycles. The average molecular weight is 424 g/mol. The summed E-state index contributed by atoms with van der Waals surface area (Å²) < 4.78 is 31.1. The van der Waals surface area contributed by atoms with Crippen molar-refractivity contribution in [3.8, 4) is 5.75 Å². The first-order valence-corrected chi connectivity index (χ1v) is 10.1. The summed E-state index contributed by atoms with van der Waals surface area (Å²) in [6, 6.07) is 8.69. The Morgan fingerprint density at radius 3 is 2.61 bits per heavy atom. The molecule has 1 aliphatic heterocycles. The molecule has 3 rings (SSSR count). The van der Waals surface area contributed by atoms with Crippen LogP contribution >= 0.6 is 11.6 Å². The highest BCUT2D eigenvalue weighted by molar-refractivity contribution is 7.89. The van der Waals surface area contributed by atoms with Crippen LogP contribution in [-0.2, 0) is 14.8 Å². The summed E-state index contributed by atoms with van der Waals surface area (Å²) >= 11 is 6.09. The number of benzene rings is 2. The molecule has 0 unspecified atom stereocenters. The lowest BCUT2D eigenvalue weighted by molar-refractivity contribution is -0.122. The van der Waals surface area contributed by atoms with Gasteiger partial charge in [-0.1, -0.05) is 11.6 Å². The van der Waals surface area contributed by atoms with Gasteiger partial charge in [-0.3, -0.25) is 9.59 Å². The highest BCUT2D eigenvalue weighted by Gasteiger charge is 2.24. The predicted molar refractivity (Wildman–Crippen MR) is 105 cm³/mol. The molecule has 2 aromatic rings. The molecule has 0 spiro atoms. The molecule has 148 valence electrons. The summed E-state index contributed by atoms with van der Waals surface area (Å²) in [5.74, 6) is -0.389. The van der Waals surface area contributed by atoms with E-state index in [1.807, 2.05) is 0 Å². The first-order chi connectivity index (χ1) is 13.1. The molecular weight excluding hydrogens is 406 g/mol. The lowest BCUT2D eigenvalue weighted by Gasteiger charge is -2.23. The monoisotopic (exact) mass is 423 g/mol.